The number of piperidine rings is 1. The predicted octanol–water partition coefficient (Wildman–Crippen LogP) is 4.88. The van der Waals surface area contributed by atoms with Crippen molar-refractivity contribution in [2.45, 2.75) is 18.9 Å². The molecule has 192 valence electrons. The van der Waals surface area contributed by atoms with Crippen LogP contribution in [0.25, 0.3) is 31.8 Å². The number of anilines is 2. The van der Waals surface area contributed by atoms with Crippen molar-refractivity contribution in [1.29, 1.82) is 0 Å². The minimum Gasteiger partial charge on any atom is -0.399 e. The van der Waals surface area contributed by atoms with E-state index in [2.05, 4.69) is 20.6 Å². The number of aromatic nitrogens is 4. The monoisotopic (exact) mass is 527 g/mol. The van der Waals surface area contributed by atoms with Crippen LogP contribution in [0.1, 0.15) is 23.2 Å². The van der Waals surface area contributed by atoms with Gasteiger partial charge in [0, 0.05) is 46.0 Å². The van der Waals surface area contributed by atoms with E-state index < -0.39 is 11.7 Å². The first-order chi connectivity index (χ1) is 18.5. The number of fused-ring (bicyclic) bond motifs is 1. The van der Waals surface area contributed by atoms with Gasteiger partial charge in [0.25, 0.3) is 5.91 Å². The van der Waals surface area contributed by atoms with E-state index >= 15 is 4.39 Å². The van der Waals surface area contributed by atoms with Gasteiger partial charge < -0.3 is 11.1 Å². The van der Waals surface area contributed by atoms with Crippen molar-refractivity contribution >= 4 is 38.8 Å². The molecule has 4 heterocycles. The molecule has 1 fully saturated rings. The summed E-state index contributed by atoms with van der Waals surface area (Å²) in [6.45, 7) is 1.49. The second-order valence-corrected chi connectivity index (χ2v) is 10.5. The lowest BCUT2D eigenvalue weighted by atomic mass is 10.0. The Balaban J connectivity index is 1.43. The molecule has 3 aromatic heterocycles. The van der Waals surface area contributed by atoms with Gasteiger partial charge in [0.15, 0.2) is 0 Å². The van der Waals surface area contributed by atoms with Gasteiger partial charge >= 0.3 is 0 Å². The quantitative estimate of drug-likeness (QED) is 0.316. The highest BCUT2D eigenvalue weighted by Gasteiger charge is 2.32. The number of nitrogens with two attached hydrogens (primary N) is 1. The van der Waals surface area contributed by atoms with Crippen molar-refractivity contribution in [2.24, 2.45) is 7.05 Å². The van der Waals surface area contributed by atoms with Crippen LogP contribution in [-0.2, 0) is 7.05 Å². The number of hydrogen-bond acceptors (Lipinski definition) is 7. The van der Waals surface area contributed by atoms with Crippen LogP contribution in [0, 0.1) is 5.82 Å². The third kappa shape index (κ3) is 4.52. The molecule has 0 unspecified atom stereocenters. The Labute approximate surface area is 222 Å². The smallest absolute Gasteiger partial charge is 0.262 e. The van der Waals surface area contributed by atoms with Crippen LogP contribution in [0.5, 0.6) is 0 Å². The summed E-state index contributed by atoms with van der Waals surface area (Å²) in [4.78, 5) is 21.4. The Morgan fingerprint density at radius 2 is 2.08 bits per heavy atom. The summed E-state index contributed by atoms with van der Waals surface area (Å²) in [5.74, 6) is -0.492. The predicted molar refractivity (Wildman–Crippen MR) is 149 cm³/mol. The number of aryl methyl sites for hydroxylation is 1. The number of nitrogens with one attached hydrogen (secondary N) is 1. The second-order valence-electron chi connectivity index (χ2n) is 9.43. The first-order valence-electron chi connectivity index (χ1n) is 12.4. The summed E-state index contributed by atoms with van der Waals surface area (Å²) in [6.07, 6.45) is 5.12. The zero-order chi connectivity index (χ0) is 26.2. The molecule has 8 nitrogen and oxygen atoms in total. The summed E-state index contributed by atoms with van der Waals surface area (Å²) < 4.78 is 18.0. The third-order valence-electron chi connectivity index (χ3n) is 6.78. The average Bonchev–Trinajstić information content (AvgIpc) is 3.56. The summed E-state index contributed by atoms with van der Waals surface area (Å²) in [6, 6.07) is 16.1. The lowest BCUT2D eigenvalue weighted by Crippen LogP contribution is -2.49. The summed E-state index contributed by atoms with van der Waals surface area (Å²) in [7, 11) is 1.75. The van der Waals surface area contributed by atoms with E-state index in [0.29, 0.717) is 29.3 Å². The Morgan fingerprint density at radius 1 is 1.18 bits per heavy atom. The molecule has 3 N–H and O–H groups in total. The number of benzene rings is 2. The maximum Gasteiger partial charge on any atom is 0.262 e. The van der Waals surface area contributed by atoms with Crippen molar-refractivity contribution < 1.29 is 9.18 Å². The van der Waals surface area contributed by atoms with Gasteiger partial charge in [-0.2, -0.15) is 0 Å². The van der Waals surface area contributed by atoms with Crippen molar-refractivity contribution in [3.8, 4) is 21.7 Å². The molecule has 6 rings (SSSR count). The molecule has 10 heteroatoms. The molecule has 0 bridgehead atoms. The fourth-order valence-corrected chi connectivity index (χ4v) is 5.97. The highest BCUT2D eigenvalue weighted by atomic mass is 32.1. The van der Waals surface area contributed by atoms with E-state index in [-0.39, 0.29) is 11.6 Å². The number of carbonyl (C=O) groups is 1. The van der Waals surface area contributed by atoms with Gasteiger partial charge in [0.2, 0.25) is 0 Å². The molecule has 1 amide bonds. The highest BCUT2D eigenvalue weighted by Crippen LogP contribution is 2.39. The van der Waals surface area contributed by atoms with Gasteiger partial charge in [0.1, 0.15) is 17.3 Å². The Bertz CT molecular complexity index is 1640. The maximum absolute atomic E-state index is 15.5. The van der Waals surface area contributed by atoms with Crippen LogP contribution in [0.2, 0.25) is 0 Å². The fraction of sp³-hybridized carbons (Fsp3) is 0.214. The zero-order valence-electron chi connectivity index (χ0n) is 20.8. The molecule has 1 atom stereocenters. The lowest BCUT2D eigenvalue weighted by Gasteiger charge is -2.34. The van der Waals surface area contributed by atoms with E-state index in [1.807, 2.05) is 36.4 Å². The van der Waals surface area contributed by atoms with E-state index in [9.17, 15) is 4.79 Å². The molecule has 1 aliphatic rings. The maximum atomic E-state index is 15.5. The second kappa shape index (κ2) is 9.96. The summed E-state index contributed by atoms with van der Waals surface area (Å²) in [5.41, 5.74) is 8.80. The number of carbonyl (C=O) groups excluding carboxylic acids is 1. The number of rotatable bonds is 5. The van der Waals surface area contributed by atoms with Crippen molar-refractivity contribution in [2.75, 3.05) is 23.7 Å². The van der Waals surface area contributed by atoms with Crippen LogP contribution in [0.4, 0.5) is 15.9 Å². The molecule has 0 saturated carbocycles. The van der Waals surface area contributed by atoms with Crippen molar-refractivity contribution in [1.82, 2.24) is 25.3 Å². The molecule has 5 aromatic rings. The van der Waals surface area contributed by atoms with E-state index in [1.54, 1.807) is 46.4 Å². The zero-order valence-corrected chi connectivity index (χ0v) is 21.6. The Hall–Kier alpha value is -4.15. The van der Waals surface area contributed by atoms with E-state index in [1.165, 1.54) is 12.1 Å². The summed E-state index contributed by atoms with van der Waals surface area (Å²) in [5, 5.41) is 12.2. The Morgan fingerprint density at radius 3 is 2.82 bits per heavy atom. The molecule has 38 heavy (non-hydrogen) atoms. The minimum atomic E-state index is -0.607. The third-order valence-corrected chi connectivity index (χ3v) is 7.93. The Kier molecular flexibility index (Phi) is 6.34. The number of halogens is 1. The van der Waals surface area contributed by atoms with Gasteiger partial charge in [-0.3, -0.25) is 14.4 Å². The first-order valence-corrected chi connectivity index (χ1v) is 13.2. The number of amides is 1. The lowest BCUT2D eigenvalue weighted by molar-refractivity contribution is 0.0968. The topological polar surface area (TPSA) is 102 Å². The molecule has 0 spiro atoms. The standard InChI is InChI=1S/C28H26FN7OS/c1-35-16-24(33-34-35)17-7-8-21(23(29)13-17)28(37)36(20-6-3-10-31-15-20)27-22-14-26(38-25(22)9-11-32-27)18-4-2-5-19(30)12-18/h2,4-5,7-9,11-14,16,20,31H,3,6,10,15,30H2,1H3/t20-/m1/s1. The SMILES string of the molecule is Cn1cc(-c2ccc(C(=O)N(c3nccc4sc(-c5cccc(N)c5)cc34)[C@@H]3CCCNC3)c(F)c2)nn1. The van der Waals surface area contributed by atoms with Gasteiger partial charge in [-0.15, -0.1) is 16.4 Å². The summed E-state index contributed by atoms with van der Waals surface area (Å²) >= 11 is 1.61. The number of pyridine rings is 1. The van der Waals surface area contributed by atoms with E-state index in [0.717, 1.165) is 39.9 Å². The van der Waals surface area contributed by atoms with Gasteiger partial charge in [0.05, 0.1) is 17.8 Å². The number of nitrogen functional groups attached to an aromatic ring is 1. The number of thiophene rings is 1. The van der Waals surface area contributed by atoms with Crippen LogP contribution in [0.15, 0.2) is 67.0 Å². The highest BCUT2D eigenvalue weighted by molar-refractivity contribution is 7.22. The van der Waals surface area contributed by atoms with Crippen LogP contribution < -0.4 is 16.0 Å². The first kappa shape index (κ1) is 24.2. The van der Waals surface area contributed by atoms with E-state index in [4.69, 9.17) is 5.73 Å². The molecular weight excluding hydrogens is 501 g/mol. The normalized spacial score (nSPS) is 15.6. The van der Waals surface area contributed by atoms with Gasteiger partial charge in [-0.1, -0.05) is 23.4 Å². The van der Waals surface area contributed by atoms with Crippen molar-refractivity contribution in [3.63, 3.8) is 0 Å². The molecular formula is C28H26FN7OS. The number of hydrogen-bond donors (Lipinski definition) is 2. The minimum absolute atomic E-state index is 0.00620. The van der Waals surface area contributed by atoms with Crippen LogP contribution >= 0.6 is 11.3 Å². The van der Waals surface area contributed by atoms with Crippen LogP contribution in [-0.4, -0.2) is 45.0 Å². The molecule has 1 aliphatic heterocycles. The molecule has 0 aliphatic carbocycles. The van der Waals surface area contributed by atoms with Gasteiger partial charge in [-0.25, -0.2) is 9.37 Å². The number of nitrogens with zero attached hydrogens (tertiary/aromatic N) is 5. The fourth-order valence-electron chi connectivity index (χ4n) is 4.92. The largest absolute Gasteiger partial charge is 0.399 e. The molecule has 2 aromatic carbocycles. The van der Waals surface area contributed by atoms with Crippen LogP contribution in [0.3, 0.4) is 0 Å². The molecule has 0 radical (unpaired) electrons. The average molecular weight is 528 g/mol. The van der Waals surface area contributed by atoms with Gasteiger partial charge in [-0.05, 0) is 61.3 Å². The van der Waals surface area contributed by atoms with Crippen molar-refractivity contribution in [3.05, 3.63) is 78.4 Å². The molecule has 1 saturated heterocycles.